The van der Waals surface area contributed by atoms with Crippen molar-refractivity contribution in [3.63, 3.8) is 0 Å². The Bertz CT molecular complexity index is 547. The molecule has 1 N–H and O–H groups in total. The van der Waals surface area contributed by atoms with Gasteiger partial charge >= 0.3 is 0 Å². The van der Waals surface area contributed by atoms with Crippen molar-refractivity contribution in [2.24, 2.45) is 0 Å². The molecule has 1 aliphatic rings. The van der Waals surface area contributed by atoms with Gasteiger partial charge in [0.1, 0.15) is 4.21 Å². The van der Waals surface area contributed by atoms with E-state index >= 15 is 0 Å². The lowest BCUT2D eigenvalue weighted by Crippen LogP contribution is -2.33. The van der Waals surface area contributed by atoms with Crippen molar-refractivity contribution in [2.45, 2.75) is 37.1 Å². The summed E-state index contributed by atoms with van der Waals surface area (Å²) in [5.74, 6) is 0. The summed E-state index contributed by atoms with van der Waals surface area (Å²) in [6.07, 6.45) is 4.74. The molecular formula is C13H20N2O2S2. The molecule has 0 atom stereocenters. The normalized spacial score (nSPS) is 17.2. The Kier molecular flexibility index (Phi) is 4.78. The molecule has 0 aliphatic carbocycles. The minimum absolute atomic E-state index is 0.398. The molecule has 2 heterocycles. The summed E-state index contributed by atoms with van der Waals surface area (Å²) >= 11 is 1.36. The Balaban J connectivity index is 2.10. The van der Waals surface area contributed by atoms with Gasteiger partial charge in [-0.05, 0) is 18.6 Å². The summed E-state index contributed by atoms with van der Waals surface area (Å²) in [6.45, 7) is 5.94. The van der Waals surface area contributed by atoms with Gasteiger partial charge in [-0.2, -0.15) is 4.31 Å². The van der Waals surface area contributed by atoms with E-state index in [0.29, 0.717) is 23.3 Å². The molecule has 1 aliphatic heterocycles. The standard InChI is InChI=1S/C13H20N2O2S2/c1-11(2)14-10-12-6-7-13(18-12)19(16,17)15-8-4-3-5-9-15/h3-4,6-7,11,14H,5,8-10H2,1-2H3. The summed E-state index contributed by atoms with van der Waals surface area (Å²) in [7, 11) is -3.31. The van der Waals surface area contributed by atoms with E-state index in [-0.39, 0.29) is 0 Å². The zero-order valence-electron chi connectivity index (χ0n) is 11.3. The average molecular weight is 300 g/mol. The smallest absolute Gasteiger partial charge is 0.252 e. The van der Waals surface area contributed by atoms with Gasteiger partial charge in [0.05, 0.1) is 0 Å². The third kappa shape index (κ3) is 3.66. The van der Waals surface area contributed by atoms with Crippen molar-refractivity contribution in [3.05, 3.63) is 29.2 Å². The van der Waals surface area contributed by atoms with Crippen molar-refractivity contribution in [1.29, 1.82) is 0 Å². The highest BCUT2D eigenvalue weighted by Gasteiger charge is 2.25. The maximum absolute atomic E-state index is 12.4. The van der Waals surface area contributed by atoms with Crippen LogP contribution in [-0.4, -0.2) is 31.9 Å². The van der Waals surface area contributed by atoms with Gasteiger partial charge < -0.3 is 5.32 Å². The molecule has 0 unspecified atom stereocenters. The molecule has 4 nitrogen and oxygen atoms in total. The van der Waals surface area contributed by atoms with Crippen LogP contribution in [0.1, 0.15) is 25.1 Å². The van der Waals surface area contributed by atoms with Crippen LogP contribution in [0.4, 0.5) is 0 Å². The highest BCUT2D eigenvalue weighted by molar-refractivity contribution is 7.91. The number of hydrogen-bond donors (Lipinski definition) is 1. The molecule has 1 aromatic heterocycles. The van der Waals surface area contributed by atoms with Crippen LogP contribution >= 0.6 is 11.3 Å². The van der Waals surface area contributed by atoms with Crippen LogP contribution in [0.2, 0.25) is 0 Å². The van der Waals surface area contributed by atoms with Gasteiger partial charge in [-0.15, -0.1) is 11.3 Å². The van der Waals surface area contributed by atoms with Gasteiger partial charge in [0.25, 0.3) is 10.0 Å². The number of thiophene rings is 1. The first-order valence-electron chi connectivity index (χ1n) is 6.47. The predicted octanol–water partition coefficient (Wildman–Crippen LogP) is 2.20. The Labute approximate surface area is 119 Å². The summed E-state index contributed by atoms with van der Waals surface area (Å²) < 4.78 is 26.8. The molecule has 0 spiro atoms. The zero-order chi connectivity index (χ0) is 13.9. The molecule has 1 aromatic rings. The van der Waals surface area contributed by atoms with Crippen molar-refractivity contribution >= 4 is 21.4 Å². The van der Waals surface area contributed by atoms with Gasteiger partial charge in [-0.25, -0.2) is 8.42 Å². The van der Waals surface area contributed by atoms with Crippen LogP contribution in [0.3, 0.4) is 0 Å². The van der Waals surface area contributed by atoms with E-state index in [0.717, 1.165) is 17.8 Å². The predicted molar refractivity (Wildman–Crippen MR) is 78.8 cm³/mol. The molecule has 6 heteroatoms. The van der Waals surface area contributed by atoms with Crippen LogP contribution in [0.15, 0.2) is 28.5 Å². The second kappa shape index (κ2) is 6.17. The van der Waals surface area contributed by atoms with Gasteiger partial charge in [-0.3, -0.25) is 0 Å². The van der Waals surface area contributed by atoms with Crippen molar-refractivity contribution in [1.82, 2.24) is 9.62 Å². The lowest BCUT2D eigenvalue weighted by atomic mass is 10.3. The maximum Gasteiger partial charge on any atom is 0.252 e. The Morgan fingerprint density at radius 1 is 1.37 bits per heavy atom. The highest BCUT2D eigenvalue weighted by atomic mass is 32.2. The molecule has 2 rings (SSSR count). The van der Waals surface area contributed by atoms with Crippen molar-refractivity contribution in [3.8, 4) is 0 Å². The zero-order valence-corrected chi connectivity index (χ0v) is 12.9. The molecule has 19 heavy (non-hydrogen) atoms. The topological polar surface area (TPSA) is 49.4 Å². The molecule has 106 valence electrons. The van der Waals surface area contributed by atoms with E-state index in [1.807, 2.05) is 18.2 Å². The fourth-order valence-electron chi connectivity index (χ4n) is 1.86. The summed E-state index contributed by atoms with van der Waals surface area (Å²) in [4.78, 5) is 1.06. The molecular weight excluding hydrogens is 280 g/mol. The van der Waals surface area contributed by atoms with Crippen molar-refractivity contribution < 1.29 is 8.42 Å². The second-order valence-corrected chi connectivity index (χ2v) is 8.21. The largest absolute Gasteiger partial charge is 0.310 e. The molecule has 0 saturated carbocycles. The number of sulfonamides is 1. The first-order valence-corrected chi connectivity index (χ1v) is 8.73. The third-order valence-electron chi connectivity index (χ3n) is 2.94. The molecule has 0 saturated heterocycles. The van der Waals surface area contributed by atoms with Crippen LogP contribution < -0.4 is 5.32 Å². The summed E-state index contributed by atoms with van der Waals surface area (Å²) in [5, 5.41) is 3.30. The molecule has 0 aromatic carbocycles. The van der Waals surface area contributed by atoms with Gasteiger partial charge in [0, 0.05) is 30.6 Å². The summed E-state index contributed by atoms with van der Waals surface area (Å²) in [6, 6.07) is 4.01. The Morgan fingerprint density at radius 2 is 2.16 bits per heavy atom. The first kappa shape index (κ1) is 14.7. The van der Waals surface area contributed by atoms with E-state index in [2.05, 4.69) is 19.2 Å². The SMILES string of the molecule is CC(C)NCc1ccc(S(=O)(=O)N2CC=CCC2)s1. The van der Waals surface area contributed by atoms with Gasteiger partial charge in [-0.1, -0.05) is 26.0 Å². The lowest BCUT2D eigenvalue weighted by molar-refractivity contribution is 0.439. The van der Waals surface area contributed by atoms with Gasteiger partial charge in [0.2, 0.25) is 0 Å². The van der Waals surface area contributed by atoms with E-state index in [9.17, 15) is 8.42 Å². The van der Waals surface area contributed by atoms with Crippen molar-refractivity contribution in [2.75, 3.05) is 13.1 Å². The van der Waals surface area contributed by atoms with Gasteiger partial charge in [0.15, 0.2) is 0 Å². The highest BCUT2D eigenvalue weighted by Crippen LogP contribution is 2.26. The molecule has 0 bridgehead atoms. The van der Waals surface area contributed by atoms with E-state index in [1.54, 1.807) is 10.4 Å². The fourth-order valence-corrected chi connectivity index (χ4v) is 4.73. The fraction of sp³-hybridized carbons (Fsp3) is 0.538. The molecule has 0 fully saturated rings. The minimum Gasteiger partial charge on any atom is -0.310 e. The number of rotatable bonds is 5. The second-order valence-electron chi connectivity index (χ2n) is 4.88. The van der Waals surface area contributed by atoms with Crippen LogP contribution in [0, 0.1) is 0 Å². The minimum atomic E-state index is -3.31. The van der Waals surface area contributed by atoms with E-state index < -0.39 is 10.0 Å². The Morgan fingerprint density at radius 3 is 2.79 bits per heavy atom. The number of nitrogens with one attached hydrogen (secondary N) is 1. The van der Waals surface area contributed by atoms with E-state index in [4.69, 9.17) is 0 Å². The molecule has 0 radical (unpaired) electrons. The third-order valence-corrected chi connectivity index (χ3v) is 6.35. The Hall–Kier alpha value is -0.690. The first-order chi connectivity index (χ1) is 9.00. The molecule has 0 amide bonds. The lowest BCUT2D eigenvalue weighted by Gasteiger charge is -2.21. The monoisotopic (exact) mass is 300 g/mol. The summed E-state index contributed by atoms with van der Waals surface area (Å²) in [5.41, 5.74) is 0. The maximum atomic E-state index is 12.4. The average Bonchev–Trinajstić information content (AvgIpc) is 2.87. The number of hydrogen-bond acceptors (Lipinski definition) is 4. The van der Waals surface area contributed by atoms with Crippen LogP contribution in [0.25, 0.3) is 0 Å². The van der Waals surface area contributed by atoms with Crippen LogP contribution in [0.5, 0.6) is 0 Å². The quantitative estimate of drug-likeness (QED) is 0.848. The van der Waals surface area contributed by atoms with Crippen LogP contribution in [-0.2, 0) is 16.6 Å². The van der Waals surface area contributed by atoms with E-state index in [1.165, 1.54) is 11.3 Å². The number of nitrogens with zero attached hydrogens (tertiary/aromatic N) is 1.